The molecule has 3 aromatic rings. The van der Waals surface area contributed by atoms with Crippen LogP contribution in [-0.4, -0.2) is 46.1 Å². The van der Waals surface area contributed by atoms with Gasteiger partial charge in [-0.3, -0.25) is 14.4 Å². The molecule has 1 heterocycles. The fourth-order valence-electron chi connectivity index (χ4n) is 4.90. The summed E-state index contributed by atoms with van der Waals surface area (Å²) >= 11 is 0. The summed E-state index contributed by atoms with van der Waals surface area (Å²) in [7, 11) is 0. The van der Waals surface area contributed by atoms with Gasteiger partial charge in [-0.25, -0.2) is 0 Å². The molecular formula is C31H35N3O3. The largest absolute Gasteiger partial charge is 0.350 e. The molecular weight excluding hydrogens is 462 g/mol. The third-order valence-electron chi connectivity index (χ3n) is 7.28. The Morgan fingerprint density at radius 3 is 1.95 bits per heavy atom. The summed E-state index contributed by atoms with van der Waals surface area (Å²) in [4.78, 5) is 43.7. The Balaban J connectivity index is 1.72. The average Bonchev–Trinajstić information content (AvgIpc) is 2.92. The molecule has 37 heavy (non-hydrogen) atoms. The number of nitrogens with zero attached hydrogens (tertiary/aromatic N) is 2. The Labute approximate surface area is 219 Å². The second-order valence-corrected chi connectivity index (χ2v) is 9.95. The predicted molar refractivity (Wildman–Crippen MR) is 145 cm³/mol. The molecule has 1 saturated heterocycles. The lowest BCUT2D eigenvalue weighted by atomic mass is 9.83. The van der Waals surface area contributed by atoms with Crippen molar-refractivity contribution in [1.82, 2.24) is 15.1 Å². The van der Waals surface area contributed by atoms with E-state index in [1.54, 1.807) is 16.7 Å². The zero-order chi connectivity index (χ0) is 26.4. The Bertz CT molecular complexity index is 1230. The maximum absolute atomic E-state index is 14.1. The molecule has 0 saturated carbocycles. The Hall–Kier alpha value is -3.93. The quantitative estimate of drug-likeness (QED) is 0.517. The van der Waals surface area contributed by atoms with Gasteiger partial charge in [0.2, 0.25) is 11.8 Å². The second-order valence-electron chi connectivity index (χ2n) is 9.95. The minimum absolute atomic E-state index is 0.0201. The monoisotopic (exact) mass is 497 g/mol. The summed E-state index contributed by atoms with van der Waals surface area (Å²) in [6.45, 7) is 7.05. The summed E-state index contributed by atoms with van der Waals surface area (Å²) in [5, 5.41) is 3.11. The number of carbonyl (C=O) groups is 3. The van der Waals surface area contributed by atoms with Gasteiger partial charge >= 0.3 is 0 Å². The van der Waals surface area contributed by atoms with Crippen molar-refractivity contribution >= 4 is 17.7 Å². The van der Waals surface area contributed by atoms with E-state index >= 15 is 0 Å². The number of hydrogen-bond acceptors (Lipinski definition) is 3. The van der Waals surface area contributed by atoms with Crippen molar-refractivity contribution < 1.29 is 14.4 Å². The number of benzene rings is 3. The lowest BCUT2D eigenvalue weighted by molar-refractivity contribution is -0.141. The molecule has 0 aromatic heterocycles. The second kappa shape index (κ2) is 11.4. The summed E-state index contributed by atoms with van der Waals surface area (Å²) in [5.74, 6) is -0.396. The number of piperidine rings is 1. The zero-order valence-electron chi connectivity index (χ0n) is 21.9. The van der Waals surface area contributed by atoms with Gasteiger partial charge in [-0.05, 0) is 49.9 Å². The number of amides is 3. The maximum Gasteiger partial charge on any atom is 0.255 e. The van der Waals surface area contributed by atoms with E-state index in [4.69, 9.17) is 0 Å². The summed E-state index contributed by atoms with van der Waals surface area (Å²) in [6, 6.07) is 25.3. The summed E-state index contributed by atoms with van der Waals surface area (Å²) in [6.07, 6.45) is 0.743. The molecule has 4 rings (SSSR count). The third-order valence-corrected chi connectivity index (χ3v) is 7.28. The molecule has 1 aliphatic heterocycles. The maximum atomic E-state index is 14.1. The highest BCUT2D eigenvalue weighted by Gasteiger charge is 2.48. The van der Waals surface area contributed by atoms with Crippen LogP contribution >= 0.6 is 0 Å². The van der Waals surface area contributed by atoms with Gasteiger partial charge in [0, 0.05) is 38.7 Å². The lowest BCUT2D eigenvalue weighted by Gasteiger charge is -2.47. The first-order chi connectivity index (χ1) is 17.8. The molecule has 6 nitrogen and oxygen atoms in total. The molecule has 3 amide bonds. The van der Waals surface area contributed by atoms with E-state index in [-0.39, 0.29) is 17.7 Å². The van der Waals surface area contributed by atoms with Crippen molar-refractivity contribution in [2.75, 3.05) is 13.1 Å². The Morgan fingerprint density at radius 2 is 1.38 bits per heavy atom. The van der Waals surface area contributed by atoms with Crippen LogP contribution in [0.15, 0.2) is 78.9 Å². The number of nitrogens with one attached hydrogen (secondary N) is 1. The molecule has 1 aliphatic rings. The molecule has 0 aliphatic carbocycles. The molecule has 0 bridgehead atoms. The fourth-order valence-corrected chi connectivity index (χ4v) is 4.90. The van der Waals surface area contributed by atoms with E-state index in [2.05, 4.69) is 5.32 Å². The number of carbonyl (C=O) groups excluding carboxylic acids is 3. The van der Waals surface area contributed by atoms with Crippen LogP contribution in [0.3, 0.4) is 0 Å². The molecule has 0 atom stereocenters. The first-order valence-electron chi connectivity index (χ1n) is 12.8. The van der Waals surface area contributed by atoms with Crippen molar-refractivity contribution in [3.05, 3.63) is 107 Å². The summed E-state index contributed by atoms with van der Waals surface area (Å²) < 4.78 is 0. The normalized spacial score (nSPS) is 14.6. The van der Waals surface area contributed by atoms with Gasteiger partial charge in [0.05, 0.1) is 0 Å². The van der Waals surface area contributed by atoms with Gasteiger partial charge in [-0.15, -0.1) is 0 Å². The fraction of sp³-hybridized carbons (Fsp3) is 0.323. The van der Waals surface area contributed by atoms with Crippen LogP contribution in [0.2, 0.25) is 0 Å². The van der Waals surface area contributed by atoms with E-state index in [1.807, 2.05) is 92.7 Å². The van der Waals surface area contributed by atoms with Crippen molar-refractivity contribution in [1.29, 1.82) is 0 Å². The SMILES string of the molecule is CC(=O)N1CCC(C(=O)NCc2ccccc2)(N(Cc2ccc(C)cc2)C(=O)c2ccc(C)cc2)CC1. The number of likely N-dealkylation sites (tertiary alicyclic amines) is 1. The highest BCUT2D eigenvalue weighted by molar-refractivity contribution is 5.99. The van der Waals surface area contributed by atoms with Crippen LogP contribution in [0, 0.1) is 13.8 Å². The first kappa shape index (κ1) is 26.1. The van der Waals surface area contributed by atoms with Gasteiger partial charge in [0.15, 0.2) is 0 Å². The Kier molecular flexibility index (Phi) is 8.07. The zero-order valence-corrected chi connectivity index (χ0v) is 21.9. The molecule has 3 aromatic carbocycles. The molecule has 0 spiro atoms. The van der Waals surface area contributed by atoms with Crippen LogP contribution in [0.5, 0.6) is 0 Å². The van der Waals surface area contributed by atoms with Gasteiger partial charge in [0.1, 0.15) is 5.54 Å². The molecule has 0 radical (unpaired) electrons. The van der Waals surface area contributed by atoms with Gasteiger partial charge in [0.25, 0.3) is 5.91 Å². The van der Waals surface area contributed by atoms with Crippen molar-refractivity contribution in [2.45, 2.75) is 52.2 Å². The number of hydrogen-bond donors (Lipinski definition) is 1. The third kappa shape index (κ3) is 6.08. The molecule has 0 unspecified atom stereocenters. The van der Waals surface area contributed by atoms with Crippen LogP contribution in [0.1, 0.15) is 52.4 Å². The minimum atomic E-state index is -1.09. The molecule has 192 valence electrons. The van der Waals surface area contributed by atoms with Gasteiger partial charge < -0.3 is 15.1 Å². The van der Waals surface area contributed by atoms with E-state index in [0.717, 1.165) is 22.3 Å². The molecule has 1 fully saturated rings. The van der Waals surface area contributed by atoms with Crippen LogP contribution < -0.4 is 5.32 Å². The molecule has 1 N–H and O–H groups in total. The predicted octanol–water partition coefficient (Wildman–Crippen LogP) is 4.64. The van der Waals surface area contributed by atoms with Crippen LogP contribution in [-0.2, 0) is 22.7 Å². The standard InChI is InChI=1S/C31H35N3O3/c1-23-9-13-27(14-10-23)22-34(29(36)28-15-11-24(2)12-16-28)31(17-19-33(20-18-31)25(3)35)30(37)32-21-26-7-5-4-6-8-26/h4-16H,17-22H2,1-3H3,(H,32,37). The van der Waals surface area contributed by atoms with Gasteiger partial charge in [-0.2, -0.15) is 0 Å². The van der Waals surface area contributed by atoms with Crippen molar-refractivity contribution in [3.8, 4) is 0 Å². The smallest absolute Gasteiger partial charge is 0.255 e. The lowest BCUT2D eigenvalue weighted by Crippen LogP contribution is -2.64. The molecule has 6 heteroatoms. The van der Waals surface area contributed by atoms with E-state index in [9.17, 15) is 14.4 Å². The van der Waals surface area contributed by atoms with E-state index in [1.165, 1.54) is 0 Å². The topological polar surface area (TPSA) is 69.7 Å². The Morgan fingerprint density at radius 1 is 0.811 bits per heavy atom. The van der Waals surface area contributed by atoms with Gasteiger partial charge in [-0.1, -0.05) is 77.9 Å². The highest BCUT2D eigenvalue weighted by Crippen LogP contribution is 2.33. The van der Waals surface area contributed by atoms with Crippen LogP contribution in [0.4, 0.5) is 0 Å². The first-order valence-corrected chi connectivity index (χ1v) is 12.8. The average molecular weight is 498 g/mol. The number of aryl methyl sites for hydroxylation is 2. The minimum Gasteiger partial charge on any atom is -0.350 e. The summed E-state index contributed by atoms with van der Waals surface area (Å²) in [5.41, 5.74) is 3.59. The van der Waals surface area contributed by atoms with Crippen molar-refractivity contribution in [3.63, 3.8) is 0 Å². The highest BCUT2D eigenvalue weighted by atomic mass is 16.2. The van der Waals surface area contributed by atoms with E-state index in [0.29, 0.717) is 44.6 Å². The van der Waals surface area contributed by atoms with Crippen LogP contribution in [0.25, 0.3) is 0 Å². The van der Waals surface area contributed by atoms with E-state index < -0.39 is 5.54 Å². The van der Waals surface area contributed by atoms with Crippen molar-refractivity contribution in [2.24, 2.45) is 0 Å². The number of rotatable bonds is 7.